The fourth-order valence-corrected chi connectivity index (χ4v) is 2.62. The van der Waals surface area contributed by atoms with Crippen LogP contribution in [0.3, 0.4) is 0 Å². The zero-order valence-corrected chi connectivity index (χ0v) is 16.9. The minimum absolute atomic E-state index is 0.229. The third-order valence-corrected chi connectivity index (χ3v) is 4.04. The molecule has 0 fully saturated rings. The standard InChI is InChI=1S/C16H11Cl3N2O8/c1-27-12-9(8-6-4-3-5-7-8)10(20(23)24)13(29-15(22)16(17,18)19)11(21(25)26)14(12)28-2/h3-7H,1-2H3. The summed E-state index contributed by atoms with van der Waals surface area (Å²) in [7, 11) is 2.22. The smallest absolute Gasteiger partial charge is 0.364 e. The van der Waals surface area contributed by atoms with E-state index in [1.807, 2.05) is 0 Å². The molecule has 0 bridgehead atoms. The van der Waals surface area contributed by atoms with Gasteiger partial charge >= 0.3 is 17.3 Å². The lowest BCUT2D eigenvalue weighted by Gasteiger charge is -2.17. The van der Waals surface area contributed by atoms with Gasteiger partial charge in [0.05, 0.1) is 24.1 Å². The van der Waals surface area contributed by atoms with E-state index in [2.05, 4.69) is 0 Å². The number of nitro benzene ring substituents is 2. The summed E-state index contributed by atoms with van der Waals surface area (Å²) in [6.07, 6.45) is 0. The monoisotopic (exact) mass is 464 g/mol. The van der Waals surface area contributed by atoms with Crippen LogP contribution in [0.2, 0.25) is 0 Å². The van der Waals surface area contributed by atoms with Crippen LogP contribution in [0.15, 0.2) is 30.3 Å². The van der Waals surface area contributed by atoms with Gasteiger partial charge in [-0.1, -0.05) is 65.1 Å². The van der Waals surface area contributed by atoms with E-state index in [-0.39, 0.29) is 16.9 Å². The molecule has 0 aliphatic rings. The van der Waals surface area contributed by atoms with Crippen molar-refractivity contribution in [2.24, 2.45) is 0 Å². The predicted molar refractivity (Wildman–Crippen MR) is 104 cm³/mol. The Bertz CT molecular complexity index is 977. The van der Waals surface area contributed by atoms with Gasteiger partial charge in [-0.15, -0.1) is 0 Å². The Hall–Kier alpha value is -2.82. The van der Waals surface area contributed by atoms with Crippen LogP contribution in [0.25, 0.3) is 11.1 Å². The van der Waals surface area contributed by atoms with E-state index in [0.717, 1.165) is 14.2 Å². The zero-order chi connectivity index (χ0) is 21.9. The number of carbonyl (C=O) groups is 1. The molecule has 0 spiro atoms. The molecule has 154 valence electrons. The molecule has 0 unspecified atom stereocenters. The molecule has 0 amide bonds. The van der Waals surface area contributed by atoms with Crippen molar-refractivity contribution in [2.75, 3.05) is 14.2 Å². The molecule has 0 heterocycles. The van der Waals surface area contributed by atoms with Gasteiger partial charge in [0.2, 0.25) is 5.75 Å². The molecule has 13 heteroatoms. The van der Waals surface area contributed by atoms with Crippen molar-refractivity contribution in [3.8, 4) is 28.4 Å². The van der Waals surface area contributed by atoms with Crippen molar-refractivity contribution in [1.29, 1.82) is 0 Å². The van der Waals surface area contributed by atoms with E-state index in [0.29, 0.717) is 0 Å². The number of nitro groups is 2. The number of alkyl halides is 3. The van der Waals surface area contributed by atoms with Crippen molar-refractivity contribution < 1.29 is 28.9 Å². The SMILES string of the molecule is COc1c(OC)c([N+](=O)[O-])c(OC(=O)C(Cl)(Cl)Cl)c([N+](=O)[O-])c1-c1ccccc1. The van der Waals surface area contributed by atoms with E-state index >= 15 is 0 Å². The summed E-state index contributed by atoms with van der Waals surface area (Å²) in [5.74, 6) is -3.48. The Morgan fingerprint density at radius 3 is 1.83 bits per heavy atom. The molecule has 10 nitrogen and oxygen atoms in total. The van der Waals surface area contributed by atoms with Gasteiger partial charge in [0.1, 0.15) is 5.56 Å². The van der Waals surface area contributed by atoms with Crippen molar-refractivity contribution in [3.05, 3.63) is 50.6 Å². The average molecular weight is 466 g/mol. The number of esters is 1. The quantitative estimate of drug-likeness (QED) is 0.201. The molecule has 29 heavy (non-hydrogen) atoms. The molecule has 0 N–H and O–H groups in total. The van der Waals surface area contributed by atoms with E-state index < -0.39 is 42.5 Å². The van der Waals surface area contributed by atoms with Gasteiger partial charge in [-0.25, -0.2) is 4.79 Å². The van der Waals surface area contributed by atoms with Gasteiger partial charge in [0.25, 0.3) is 9.54 Å². The summed E-state index contributed by atoms with van der Waals surface area (Å²) in [5.41, 5.74) is -1.98. The van der Waals surface area contributed by atoms with Crippen molar-refractivity contribution in [1.82, 2.24) is 0 Å². The van der Waals surface area contributed by atoms with E-state index in [1.165, 1.54) is 12.1 Å². The summed E-state index contributed by atoms with van der Waals surface area (Å²) in [6.45, 7) is 0. The van der Waals surface area contributed by atoms with Gasteiger partial charge in [0, 0.05) is 0 Å². The number of nitrogens with zero attached hydrogens (tertiary/aromatic N) is 2. The normalized spacial score (nSPS) is 10.9. The Kier molecular flexibility index (Phi) is 6.73. The Balaban J connectivity index is 3.05. The fourth-order valence-electron chi connectivity index (χ4n) is 2.50. The molecule has 0 saturated heterocycles. The molecule has 0 atom stereocenters. The lowest BCUT2D eigenvalue weighted by atomic mass is 10.00. The predicted octanol–water partition coefficient (Wildman–Crippen LogP) is 4.46. The van der Waals surface area contributed by atoms with Crippen LogP contribution in [-0.4, -0.2) is 33.8 Å². The van der Waals surface area contributed by atoms with Crippen LogP contribution in [0.4, 0.5) is 11.4 Å². The lowest BCUT2D eigenvalue weighted by Crippen LogP contribution is -2.25. The second-order valence-electron chi connectivity index (χ2n) is 5.24. The summed E-state index contributed by atoms with van der Waals surface area (Å²) in [5, 5.41) is 23.6. The summed E-state index contributed by atoms with van der Waals surface area (Å²) in [4.78, 5) is 33.6. The molecule has 2 rings (SSSR count). The van der Waals surface area contributed by atoms with Crippen LogP contribution in [0.1, 0.15) is 0 Å². The van der Waals surface area contributed by atoms with Crippen LogP contribution in [-0.2, 0) is 4.79 Å². The van der Waals surface area contributed by atoms with Crippen molar-refractivity contribution in [3.63, 3.8) is 0 Å². The molecule has 0 aliphatic carbocycles. The van der Waals surface area contributed by atoms with E-state index in [1.54, 1.807) is 18.2 Å². The number of hydrogen-bond acceptors (Lipinski definition) is 8. The van der Waals surface area contributed by atoms with Gasteiger partial charge in [0.15, 0.2) is 5.75 Å². The zero-order valence-electron chi connectivity index (χ0n) is 14.7. The first-order valence-electron chi connectivity index (χ1n) is 7.49. The van der Waals surface area contributed by atoms with Gasteiger partial charge in [-0.3, -0.25) is 20.2 Å². The highest BCUT2D eigenvalue weighted by atomic mass is 35.6. The molecule has 0 radical (unpaired) electrons. The highest BCUT2D eigenvalue weighted by Gasteiger charge is 2.44. The number of ether oxygens (including phenoxy) is 3. The molecular formula is C16H11Cl3N2O8. The maximum Gasteiger partial charge on any atom is 0.364 e. The van der Waals surface area contributed by atoms with Crippen LogP contribution in [0, 0.1) is 20.2 Å². The first-order valence-corrected chi connectivity index (χ1v) is 8.63. The number of carbonyl (C=O) groups excluding carboxylic acids is 1. The third kappa shape index (κ3) is 4.44. The van der Waals surface area contributed by atoms with Crippen LogP contribution < -0.4 is 14.2 Å². The average Bonchev–Trinajstić information content (AvgIpc) is 2.65. The number of benzene rings is 2. The topological polar surface area (TPSA) is 131 Å². The minimum atomic E-state index is -2.65. The van der Waals surface area contributed by atoms with Gasteiger partial charge in [-0.2, -0.15) is 0 Å². The first-order chi connectivity index (χ1) is 13.5. The highest BCUT2D eigenvalue weighted by molar-refractivity contribution is 6.75. The Morgan fingerprint density at radius 1 is 0.897 bits per heavy atom. The number of methoxy groups -OCH3 is 2. The molecule has 0 aliphatic heterocycles. The second kappa shape index (κ2) is 8.68. The maximum absolute atomic E-state index is 12.1. The van der Waals surface area contributed by atoms with Crippen LogP contribution in [0.5, 0.6) is 17.2 Å². The third-order valence-electron chi connectivity index (χ3n) is 3.58. The molecular weight excluding hydrogens is 455 g/mol. The number of hydrogen-bond donors (Lipinski definition) is 0. The summed E-state index contributed by atoms with van der Waals surface area (Å²) < 4.78 is 12.4. The lowest BCUT2D eigenvalue weighted by molar-refractivity contribution is -0.395. The molecule has 2 aromatic rings. The van der Waals surface area contributed by atoms with Gasteiger partial charge in [-0.05, 0) is 5.56 Å². The second-order valence-corrected chi connectivity index (χ2v) is 7.52. The van der Waals surface area contributed by atoms with E-state index in [4.69, 9.17) is 49.0 Å². The fraction of sp³-hybridized carbons (Fsp3) is 0.188. The maximum atomic E-state index is 12.1. The molecule has 0 aromatic heterocycles. The molecule has 2 aromatic carbocycles. The Labute approximate surface area is 178 Å². The van der Waals surface area contributed by atoms with Gasteiger partial charge < -0.3 is 14.2 Å². The van der Waals surface area contributed by atoms with E-state index in [9.17, 15) is 25.0 Å². The Morgan fingerprint density at radius 2 is 1.41 bits per heavy atom. The summed E-state index contributed by atoms with van der Waals surface area (Å²) in [6, 6.07) is 7.75. The highest BCUT2D eigenvalue weighted by Crippen LogP contribution is 2.56. The largest absolute Gasteiger partial charge is 0.492 e. The molecule has 0 saturated carbocycles. The summed E-state index contributed by atoms with van der Waals surface area (Å²) >= 11 is 16.3. The van der Waals surface area contributed by atoms with Crippen LogP contribution >= 0.6 is 34.8 Å². The minimum Gasteiger partial charge on any atom is -0.492 e. The van der Waals surface area contributed by atoms with Crippen molar-refractivity contribution in [2.45, 2.75) is 3.79 Å². The van der Waals surface area contributed by atoms with Crippen molar-refractivity contribution >= 4 is 52.1 Å². The first kappa shape index (κ1) is 22.5. The number of halogens is 3. The number of rotatable bonds is 6.